The molecule has 1 amide bonds. The van der Waals surface area contributed by atoms with Crippen molar-refractivity contribution in [2.75, 3.05) is 43.9 Å². The van der Waals surface area contributed by atoms with Crippen LogP contribution in [0.5, 0.6) is 5.75 Å². The zero-order valence-electron chi connectivity index (χ0n) is 19.2. The van der Waals surface area contributed by atoms with Gasteiger partial charge in [0, 0.05) is 67.1 Å². The highest BCUT2D eigenvalue weighted by Crippen LogP contribution is 2.27. The van der Waals surface area contributed by atoms with Crippen molar-refractivity contribution < 1.29 is 9.53 Å². The highest BCUT2D eigenvalue weighted by atomic mass is 35.5. The lowest BCUT2D eigenvalue weighted by molar-refractivity contribution is -0.106. The van der Waals surface area contributed by atoms with Crippen molar-refractivity contribution in [1.29, 1.82) is 5.41 Å². The first-order valence-electron chi connectivity index (χ1n) is 10.8. The molecule has 35 heavy (non-hydrogen) atoms. The fourth-order valence-electron chi connectivity index (χ4n) is 3.49. The maximum atomic E-state index is 8.67. The number of primary amides is 1. The maximum Gasteiger partial charge on any atom is 0.204 e. The molecule has 0 saturated carbocycles. The molecule has 0 spiro atoms. The fourth-order valence-corrected chi connectivity index (χ4v) is 3.96. The van der Waals surface area contributed by atoms with E-state index in [1.165, 1.54) is 12.4 Å². The fraction of sp³-hybridized carbons (Fsp3) is 0.250. The molecule has 0 unspecified atom stereocenters. The highest BCUT2D eigenvalue weighted by molar-refractivity contribution is 6.35. The Balaban J connectivity index is 0.00000108. The molecule has 1 fully saturated rings. The second-order valence-electron chi connectivity index (χ2n) is 7.83. The first kappa shape index (κ1) is 26.2. The van der Waals surface area contributed by atoms with Crippen LogP contribution in [-0.2, 0) is 11.4 Å². The third-order valence-electron chi connectivity index (χ3n) is 5.49. The predicted molar refractivity (Wildman–Crippen MR) is 140 cm³/mol. The molecule has 184 valence electrons. The first-order chi connectivity index (χ1) is 16.8. The number of ether oxygens (including phenoxy) is 1. The minimum absolute atomic E-state index is 0.179. The summed E-state index contributed by atoms with van der Waals surface area (Å²) in [4.78, 5) is 21.7. The first-order valence-corrected chi connectivity index (χ1v) is 11.5. The lowest BCUT2D eigenvalue weighted by Gasteiger charge is -2.33. The Morgan fingerprint density at radius 3 is 2.37 bits per heavy atom. The maximum absolute atomic E-state index is 8.67. The number of halogens is 2. The van der Waals surface area contributed by atoms with E-state index in [1.807, 2.05) is 12.1 Å². The standard InChI is InChI=1S/C23H24Cl2N6O.CH3NO/c1-30-6-8-31(9-7-30)22-5-2-15(11-29-22)23(27)17-10-16(3-4-21(17)26)32-14-18-19(24)12-28-13-20(18)25;2-1-3/h2-5,10-13,27H,6-9,14,26H2,1H3;1H,(H2,2,3). The van der Waals surface area contributed by atoms with Crippen molar-refractivity contribution >= 4 is 46.8 Å². The van der Waals surface area contributed by atoms with Crippen LogP contribution in [0.1, 0.15) is 16.7 Å². The second kappa shape index (κ2) is 12.3. The Labute approximate surface area is 214 Å². The van der Waals surface area contributed by atoms with Crippen LogP contribution in [0.3, 0.4) is 0 Å². The minimum Gasteiger partial charge on any atom is -0.489 e. The number of hydrogen-bond donors (Lipinski definition) is 3. The van der Waals surface area contributed by atoms with Gasteiger partial charge >= 0.3 is 0 Å². The number of aromatic nitrogens is 2. The van der Waals surface area contributed by atoms with E-state index in [0.29, 0.717) is 38.2 Å². The number of rotatable bonds is 6. The Morgan fingerprint density at radius 1 is 1.11 bits per heavy atom. The van der Waals surface area contributed by atoms with E-state index in [-0.39, 0.29) is 18.7 Å². The summed E-state index contributed by atoms with van der Waals surface area (Å²) in [5, 5.41) is 9.54. The zero-order chi connectivity index (χ0) is 25.4. The SMILES string of the molecule is CN1CCN(c2ccc(C(=N)c3cc(OCc4c(Cl)cncc4Cl)ccc3N)cn2)CC1.NC=O. The number of nitrogens with zero attached hydrogens (tertiary/aromatic N) is 4. The number of anilines is 2. The van der Waals surface area contributed by atoms with Gasteiger partial charge in [0.2, 0.25) is 6.41 Å². The van der Waals surface area contributed by atoms with Crippen LogP contribution in [0.15, 0.2) is 48.9 Å². The highest BCUT2D eigenvalue weighted by Gasteiger charge is 2.16. The van der Waals surface area contributed by atoms with Gasteiger partial charge < -0.3 is 26.0 Å². The van der Waals surface area contributed by atoms with E-state index >= 15 is 0 Å². The van der Waals surface area contributed by atoms with Gasteiger partial charge in [0.25, 0.3) is 0 Å². The second-order valence-corrected chi connectivity index (χ2v) is 8.64. The Kier molecular flexibility index (Phi) is 9.25. The summed E-state index contributed by atoms with van der Waals surface area (Å²) in [5.74, 6) is 1.48. The molecule has 0 radical (unpaired) electrons. The van der Waals surface area contributed by atoms with Gasteiger partial charge in [0.1, 0.15) is 18.2 Å². The normalized spacial score (nSPS) is 13.5. The van der Waals surface area contributed by atoms with Crippen molar-refractivity contribution in [1.82, 2.24) is 14.9 Å². The summed E-state index contributed by atoms with van der Waals surface area (Å²) >= 11 is 12.3. The van der Waals surface area contributed by atoms with Gasteiger partial charge in [0.15, 0.2) is 0 Å². The molecule has 0 bridgehead atoms. The summed E-state index contributed by atoms with van der Waals surface area (Å²) in [7, 11) is 2.12. The summed E-state index contributed by atoms with van der Waals surface area (Å²) < 4.78 is 5.87. The largest absolute Gasteiger partial charge is 0.489 e. The molecule has 1 aliphatic heterocycles. The number of amides is 1. The molecule has 3 aromatic rings. The molecule has 1 saturated heterocycles. The molecule has 4 rings (SSSR count). The summed E-state index contributed by atoms with van der Waals surface area (Å²) in [6.45, 7) is 4.09. The van der Waals surface area contributed by atoms with Crippen LogP contribution in [0.2, 0.25) is 10.0 Å². The molecule has 2 aromatic heterocycles. The van der Waals surface area contributed by atoms with Crippen LogP contribution >= 0.6 is 23.2 Å². The summed E-state index contributed by atoms with van der Waals surface area (Å²) in [5.41, 5.74) is 13.0. The van der Waals surface area contributed by atoms with Crippen LogP contribution in [0.4, 0.5) is 11.5 Å². The predicted octanol–water partition coefficient (Wildman–Crippen LogP) is 3.21. The molecule has 9 nitrogen and oxygen atoms in total. The average Bonchev–Trinajstić information content (AvgIpc) is 2.85. The number of carbonyl (C=O) groups is 1. The Morgan fingerprint density at radius 2 is 1.77 bits per heavy atom. The number of piperazine rings is 1. The molecule has 1 aliphatic rings. The number of nitrogen functional groups attached to an aromatic ring is 1. The van der Waals surface area contributed by atoms with Gasteiger partial charge in [-0.3, -0.25) is 15.2 Å². The number of hydrogen-bond acceptors (Lipinski definition) is 8. The Bertz CT molecular complexity index is 1150. The zero-order valence-corrected chi connectivity index (χ0v) is 20.8. The Hall–Kier alpha value is -3.40. The van der Waals surface area contributed by atoms with Crippen LogP contribution < -0.4 is 21.1 Å². The molecule has 11 heteroatoms. The lowest BCUT2D eigenvalue weighted by Crippen LogP contribution is -2.44. The average molecular weight is 516 g/mol. The quantitative estimate of drug-likeness (QED) is 0.260. The van der Waals surface area contributed by atoms with Crippen LogP contribution in [0.25, 0.3) is 0 Å². The van der Waals surface area contributed by atoms with E-state index < -0.39 is 0 Å². The number of benzene rings is 1. The van der Waals surface area contributed by atoms with E-state index in [2.05, 4.69) is 32.5 Å². The van der Waals surface area contributed by atoms with Crippen molar-refractivity contribution in [3.8, 4) is 5.75 Å². The van der Waals surface area contributed by atoms with Crippen molar-refractivity contribution in [2.45, 2.75) is 6.61 Å². The molecule has 0 atom stereocenters. The van der Waals surface area contributed by atoms with E-state index in [4.69, 9.17) is 43.9 Å². The molecular weight excluding hydrogens is 489 g/mol. The van der Waals surface area contributed by atoms with E-state index in [9.17, 15) is 0 Å². The van der Waals surface area contributed by atoms with E-state index in [1.54, 1.807) is 24.4 Å². The molecule has 5 N–H and O–H groups in total. The van der Waals surface area contributed by atoms with Gasteiger partial charge in [-0.05, 0) is 37.4 Å². The smallest absolute Gasteiger partial charge is 0.204 e. The molecule has 0 aliphatic carbocycles. The number of pyridine rings is 2. The van der Waals surface area contributed by atoms with Crippen LogP contribution in [-0.4, -0.2) is 60.2 Å². The number of likely N-dealkylation sites (N-methyl/N-ethyl adjacent to an activating group) is 1. The number of carbonyl (C=O) groups excluding carboxylic acids is 1. The number of nitrogens with two attached hydrogens (primary N) is 2. The van der Waals surface area contributed by atoms with Crippen LogP contribution in [0, 0.1) is 5.41 Å². The third-order valence-corrected chi connectivity index (χ3v) is 6.14. The molecular formula is C24H27Cl2N7O2. The lowest BCUT2D eigenvalue weighted by atomic mass is 10.0. The van der Waals surface area contributed by atoms with Crippen molar-refractivity contribution in [2.24, 2.45) is 5.73 Å². The monoisotopic (exact) mass is 515 g/mol. The summed E-state index contributed by atoms with van der Waals surface area (Å²) in [6, 6.07) is 9.09. The summed E-state index contributed by atoms with van der Waals surface area (Å²) in [6.07, 6.45) is 5.02. The van der Waals surface area contributed by atoms with Crippen molar-refractivity contribution in [3.05, 3.63) is 75.7 Å². The van der Waals surface area contributed by atoms with Gasteiger partial charge in [-0.1, -0.05) is 23.2 Å². The minimum atomic E-state index is 0.179. The third kappa shape index (κ3) is 6.82. The molecule has 3 heterocycles. The van der Waals surface area contributed by atoms with Gasteiger partial charge in [0.05, 0.1) is 15.8 Å². The number of nitrogens with one attached hydrogen (secondary N) is 1. The topological polar surface area (TPSA) is 134 Å². The molecule has 1 aromatic carbocycles. The van der Waals surface area contributed by atoms with Gasteiger partial charge in [-0.25, -0.2) is 4.98 Å². The van der Waals surface area contributed by atoms with E-state index in [0.717, 1.165) is 32.0 Å². The van der Waals surface area contributed by atoms with Gasteiger partial charge in [-0.2, -0.15) is 0 Å². The van der Waals surface area contributed by atoms with Gasteiger partial charge in [-0.15, -0.1) is 0 Å². The van der Waals surface area contributed by atoms with Crippen molar-refractivity contribution in [3.63, 3.8) is 0 Å².